The molecule has 0 aliphatic carbocycles. The number of piperidine rings is 1. The molecule has 2 aliphatic rings. The van der Waals surface area contributed by atoms with Crippen molar-refractivity contribution < 1.29 is 18.0 Å². The predicted molar refractivity (Wildman–Crippen MR) is 131 cm³/mol. The number of carbonyl (C=O) groups excluding carboxylic acids is 2. The van der Waals surface area contributed by atoms with E-state index < -0.39 is 15.9 Å². The summed E-state index contributed by atoms with van der Waals surface area (Å²) in [5.74, 6) is -0.756. The molecule has 1 atom stereocenters. The second-order valence-electron chi connectivity index (χ2n) is 9.39. The van der Waals surface area contributed by atoms with Crippen LogP contribution in [0.5, 0.6) is 0 Å². The maximum Gasteiger partial charge on any atom is 0.270 e. The summed E-state index contributed by atoms with van der Waals surface area (Å²) in [4.78, 5) is 30.6. The predicted octanol–water partition coefficient (Wildman–Crippen LogP) is 3.69. The van der Waals surface area contributed by atoms with Gasteiger partial charge >= 0.3 is 0 Å². The summed E-state index contributed by atoms with van der Waals surface area (Å²) in [5, 5.41) is 2.98. The Kier molecular flexibility index (Phi) is 7.42. The molecule has 8 nitrogen and oxygen atoms in total. The quantitative estimate of drug-likeness (QED) is 0.673. The first-order valence-electron chi connectivity index (χ1n) is 12.1. The van der Waals surface area contributed by atoms with Crippen LogP contribution >= 0.6 is 0 Å². The lowest BCUT2D eigenvalue weighted by atomic mass is 9.98. The first-order valence-corrected chi connectivity index (χ1v) is 13.6. The zero-order valence-electron chi connectivity index (χ0n) is 20.0. The monoisotopic (exact) mass is 486 g/mol. The Hall–Kier alpha value is -2.65. The second-order valence-corrected chi connectivity index (χ2v) is 11.3. The van der Waals surface area contributed by atoms with Gasteiger partial charge in [-0.25, -0.2) is 8.42 Å². The van der Waals surface area contributed by atoms with E-state index in [1.807, 2.05) is 32.0 Å². The molecule has 2 aromatic rings. The molecule has 2 amide bonds. The van der Waals surface area contributed by atoms with Crippen LogP contribution in [0.25, 0.3) is 0 Å². The number of carbonyl (C=O) groups is 2. The number of benzene rings is 1. The molecule has 0 saturated carbocycles. The molecule has 0 spiro atoms. The Morgan fingerprint density at radius 1 is 1.03 bits per heavy atom. The van der Waals surface area contributed by atoms with E-state index in [0.717, 1.165) is 42.5 Å². The molecule has 2 saturated heterocycles. The van der Waals surface area contributed by atoms with Crippen LogP contribution in [0.3, 0.4) is 0 Å². The van der Waals surface area contributed by atoms with Crippen LogP contribution in [-0.4, -0.2) is 60.6 Å². The smallest absolute Gasteiger partial charge is 0.270 e. The van der Waals surface area contributed by atoms with Gasteiger partial charge in [-0.15, -0.1) is 0 Å². The molecule has 1 aromatic carbocycles. The number of sulfonamides is 1. The second kappa shape index (κ2) is 10.3. The molecule has 184 valence electrons. The van der Waals surface area contributed by atoms with Crippen molar-refractivity contribution in [2.45, 2.75) is 57.3 Å². The summed E-state index contributed by atoms with van der Waals surface area (Å²) in [5.41, 5.74) is 3.14. The highest BCUT2D eigenvalue weighted by Gasteiger charge is 2.34. The van der Waals surface area contributed by atoms with Gasteiger partial charge in [-0.3, -0.25) is 9.59 Å². The highest BCUT2D eigenvalue weighted by molar-refractivity contribution is 7.89. The number of hydrogen-bond acceptors (Lipinski definition) is 4. The minimum Gasteiger partial charge on any atom is -0.356 e. The average Bonchev–Trinajstić information content (AvgIpc) is 3.18. The van der Waals surface area contributed by atoms with Crippen LogP contribution < -0.4 is 5.32 Å². The molecule has 2 fully saturated rings. The lowest BCUT2D eigenvalue weighted by Gasteiger charge is -2.31. The zero-order chi connectivity index (χ0) is 24.3. The number of H-pyrrole nitrogens is 1. The fraction of sp³-hybridized carbons (Fsp3) is 0.520. The van der Waals surface area contributed by atoms with E-state index in [9.17, 15) is 18.0 Å². The summed E-state index contributed by atoms with van der Waals surface area (Å²) in [6.45, 7) is 5.82. The van der Waals surface area contributed by atoms with Crippen molar-refractivity contribution in [2.24, 2.45) is 5.92 Å². The van der Waals surface area contributed by atoms with Gasteiger partial charge in [0.15, 0.2) is 0 Å². The van der Waals surface area contributed by atoms with E-state index in [-0.39, 0.29) is 23.3 Å². The Morgan fingerprint density at radius 3 is 2.50 bits per heavy atom. The van der Waals surface area contributed by atoms with Gasteiger partial charge in [0.2, 0.25) is 15.9 Å². The van der Waals surface area contributed by atoms with Crippen molar-refractivity contribution in [1.82, 2.24) is 14.2 Å². The van der Waals surface area contributed by atoms with E-state index in [4.69, 9.17) is 0 Å². The number of amides is 2. The number of nitrogens with one attached hydrogen (secondary N) is 2. The third kappa shape index (κ3) is 5.20. The first-order chi connectivity index (χ1) is 16.3. The van der Waals surface area contributed by atoms with Gasteiger partial charge in [-0.05, 0) is 62.8 Å². The SMILES string of the molecule is Cc1cccc(NC(=O)C2CCCN(S(=O)(=O)c3c[nH]c(C(=O)N4CCCCCC4)c3)C2)c1C. The summed E-state index contributed by atoms with van der Waals surface area (Å²) in [7, 11) is -3.82. The lowest BCUT2D eigenvalue weighted by Crippen LogP contribution is -2.43. The van der Waals surface area contributed by atoms with Crippen molar-refractivity contribution in [1.29, 1.82) is 0 Å². The van der Waals surface area contributed by atoms with Gasteiger partial charge in [0, 0.05) is 38.1 Å². The third-order valence-electron chi connectivity index (χ3n) is 7.04. The van der Waals surface area contributed by atoms with E-state index in [1.165, 1.54) is 16.6 Å². The van der Waals surface area contributed by atoms with Crippen LogP contribution in [0, 0.1) is 19.8 Å². The Bertz CT molecular complexity index is 1150. The number of nitrogens with zero attached hydrogens (tertiary/aromatic N) is 2. The molecule has 34 heavy (non-hydrogen) atoms. The van der Waals surface area contributed by atoms with E-state index >= 15 is 0 Å². The van der Waals surface area contributed by atoms with Gasteiger partial charge in [0.1, 0.15) is 10.6 Å². The van der Waals surface area contributed by atoms with Crippen molar-refractivity contribution in [3.63, 3.8) is 0 Å². The molecule has 0 radical (unpaired) electrons. The first kappa shape index (κ1) is 24.5. The van der Waals surface area contributed by atoms with Crippen molar-refractivity contribution in [3.05, 3.63) is 47.3 Å². The molecular formula is C25H34N4O4S. The van der Waals surface area contributed by atoms with Crippen LogP contribution in [0.1, 0.15) is 60.1 Å². The minimum atomic E-state index is -3.82. The topological polar surface area (TPSA) is 103 Å². The Morgan fingerprint density at radius 2 is 1.76 bits per heavy atom. The van der Waals surface area contributed by atoms with Crippen LogP contribution in [-0.2, 0) is 14.8 Å². The van der Waals surface area contributed by atoms with Crippen molar-refractivity contribution in [2.75, 3.05) is 31.5 Å². The van der Waals surface area contributed by atoms with E-state index in [0.29, 0.717) is 38.2 Å². The van der Waals surface area contributed by atoms with Gasteiger partial charge in [0.05, 0.1) is 5.92 Å². The van der Waals surface area contributed by atoms with Gasteiger partial charge in [0.25, 0.3) is 5.91 Å². The highest BCUT2D eigenvalue weighted by Crippen LogP contribution is 2.27. The number of rotatable bonds is 5. The number of aromatic nitrogens is 1. The van der Waals surface area contributed by atoms with E-state index in [2.05, 4.69) is 10.3 Å². The fourth-order valence-corrected chi connectivity index (χ4v) is 6.25. The molecule has 9 heteroatoms. The molecule has 4 rings (SSSR count). The van der Waals surface area contributed by atoms with Crippen molar-refractivity contribution in [3.8, 4) is 0 Å². The number of anilines is 1. The lowest BCUT2D eigenvalue weighted by molar-refractivity contribution is -0.120. The highest BCUT2D eigenvalue weighted by atomic mass is 32.2. The molecule has 3 heterocycles. The molecule has 2 aliphatic heterocycles. The standard InChI is InChI=1S/C25H34N4O4S/c1-18-9-7-11-22(19(18)2)27-24(30)20-10-8-14-29(17-20)34(32,33)21-15-23(26-16-21)25(31)28-12-5-3-4-6-13-28/h7,9,11,15-16,20,26H,3-6,8,10,12-14,17H2,1-2H3,(H,27,30). The number of aromatic amines is 1. The number of hydrogen-bond donors (Lipinski definition) is 2. The number of likely N-dealkylation sites (tertiary alicyclic amines) is 1. The summed E-state index contributed by atoms with van der Waals surface area (Å²) >= 11 is 0. The maximum absolute atomic E-state index is 13.3. The fourth-order valence-electron chi connectivity index (χ4n) is 4.74. The molecule has 2 N–H and O–H groups in total. The largest absolute Gasteiger partial charge is 0.356 e. The van der Waals surface area contributed by atoms with Crippen molar-refractivity contribution >= 4 is 27.5 Å². The van der Waals surface area contributed by atoms with Gasteiger partial charge in [-0.2, -0.15) is 4.31 Å². The number of aryl methyl sites for hydroxylation is 1. The van der Waals surface area contributed by atoms with Gasteiger partial charge in [-0.1, -0.05) is 25.0 Å². The Labute approximate surface area is 201 Å². The minimum absolute atomic E-state index is 0.0706. The molecule has 1 unspecified atom stereocenters. The molecule has 1 aromatic heterocycles. The summed E-state index contributed by atoms with van der Waals surface area (Å²) < 4.78 is 28.0. The summed E-state index contributed by atoms with van der Waals surface area (Å²) in [6.07, 6.45) is 6.79. The van der Waals surface area contributed by atoms with Gasteiger partial charge < -0.3 is 15.2 Å². The van der Waals surface area contributed by atoms with E-state index in [1.54, 1.807) is 4.90 Å². The third-order valence-corrected chi connectivity index (χ3v) is 8.88. The normalized spacial score (nSPS) is 20.1. The van der Waals surface area contributed by atoms with Crippen LogP contribution in [0.15, 0.2) is 35.4 Å². The average molecular weight is 487 g/mol. The molecule has 0 bridgehead atoms. The van der Waals surface area contributed by atoms with Crippen LogP contribution in [0.2, 0.25) is 0 Å². The zero-order valence-corrected chi connectivity index (χ0v) is 20.8. The summed E-state index contributed by atoms with van der Waals surface area (Å²) in [6, 6.07) is 7.18. The van der Waals surface area contributed by atoms with Crippen LogP contribution in [0.4, 0.5) is 5.69 Å². The Balaban J connectivity index is 1.44. The molecular weight excluding hydrogens is 452 g/mol. The maximum atomic E-state index is 13.3.